The summed E-state index contributed by atoms with van der Waals surface area (Å²) >= 11 is 1.28. The predicted molar refractivity (Wildman–Crippen MR) is 152 cm³/mol. The quantitative estimate of drug-likeness (QED) is 0.277. The molecule has 0 bridgehead atoms. The summed E-state index contributed by atoms with van der Waals surface area (Å²) in [5.41, 5.74) is 1.55. The lowest BCUT2D eigenvalue weighted by molar-refractivity contribution is 0.0368. The van der Waals surface area contributed by atoms with Crippen LogP contribution in [-0.2, 0) is 14.8 Å². The maximum atomic E-state index is 13.4. The van der Waals surface area contributed by atoms with E-state index in [1.165, 1.54) is 11.3 Å². The molecule has 0 saturated carbocycles. The average molecular weight is 555 g/mol. The Morgan fingerprint density at radius 3 is 2.61 bits per heavy atom. The molecule has 200 valence electrons. The fourth-order valence-electron chi connectivity index (χ4n) is 4.38. The highest BCUT2D eigenvalue weighted by molar-refractivity contribution is 7.92. The minimum atomic E-state index is -3.39. The topological polar surface area (TPSA) is 110 Å². The van der Waals surface area contributed by atoms with Crippen molar-refractivity contribution in [1.82, 2.24) is 9.88 Å². The summed E-state index contributed by atoms with van der Waals surface area (Å²) in [5, 5.41) is 5.26. The number of amides is 1. The van der Waals surface area contributed by atoms with Gasteiger partial charge in [-0.15, -0.1) is 0 Å². The highest BCUT2D eigenvalue weighted by atomic mass is 32.2. The molecular formula is C27H30N4O5S2. The Labute approximate surface area is 225 Å². The van der Waals surface area contributed by atoms with Crippen molar-refractivity contribution in [1.29, 1.82) is 0 Å². The van der Waals surface area contributed by atoms with Crippen molar-refractivity contribution in [3.63, 3.8) is 0 Å². The summed E-state index contributed by atoms with van der Waals surface area (Å²) in [6.07, 6.45) is 2.99. The molecule has 5 rings (SSSR count). The summed E-state index contributed by atoms with van der Waals surface area (Å²) in [4.78, 5) is 20.3. The van der Waals surface area contributed by atoms with Crippen LogP contribution in [0.25, 0.3) is 21.0 Å². The number of nitrogens with zero attached hydrogens (tertiary/aromatic N) is 2. The van der Waals surface area contributed by atoms with Crippen molar-refractivity contribution in [2.75, 3.05) is 55.7 Å². The summed E-state index contributed by atoms with van der Waals surface area (Å²) in [6, 6.07) is 16.7. The number of fused-ring (bicyclic) bond motifs is 2. The Morgan fingerprint density at radius 1 is 1.08 bits per heavy atom. The zero-order valence-electron chi connectivity index (χ0n) is 21.1. The lowest BCUT2D eigenvalue weighted by Gasteiger charge is -2.26. The molecule has 0 unspecified atom stereocenters. The van der Waals surface area contributed by atoms with Gasteiger partial charge in [-0.05, 0) is 60.5 Å². The fraction of sp³-hybridized carbons (Fsp3) is 0.333. The van der Waals surface area contributed by atoms with E-state index in [0.29, 0.717) is 34.3 Å². The molecule has 2 N–H and O–H groups in total. The van der Waals surface area contributed by atoms with Gasteiger partial charge in [0.2, 0.25) is 10.0 Å². The molecule has 1 amide bonds. The van der Waals surface area contributed by atoms with Crippen molar-refractivity contribution in [2.24, 2.45) is 0 Å². The fourth-order valence-corrected chi connectivity index (χ4v) is 5.84. The monoisotopic (exact) mass is 554 g/mol. The summed E-state index contributed by atoms with van der Waals surface area (Å²) < 4.78 is 37.9. The minimum absolute atomic E-state index is 0.312. The van der Waals surface area contributed by atoms with Gasteiger partial charge in [0.05, 0.1) is 47.5 Å². The van der Waals surface area contributed by atoms with E-state index in [2.05, 4.69) is 19.9 Å². The predicted octanol–water partition coefficient (Wildman–Crippen LogP) is 4.56. The van der Waals surface area contributed by atoms with E-state index in [-0.39, 0.29) is 5.91 Å². The van der Waals surface area contributed by atoms with Crippen LogP contribution in [0.2, 0.25) is 0 Å². The van der Waals surface area contributed by atoms with Gasteiger partial charge in [-0.3, -0.25) is 19.7 Å². The number of carbonyl (C=O) groups excluding carboxylic acids is 1. The van der Waals surface area contributed by atoms with Gasteiger partial charge in [-0.2, -0.15) is 0 Å². The van der Waals surface area contributed by atoms with Crippen LogP contribution in [-0.4, -0.2) is 69.9 Å². The lowest BCUT2D eigenvalue weighted by atomic mass is 10.1. The second-order valence-electron chi connectivity index (χ2n) is 9.23. The molecule has 38 heavy (non-hydrogen) atoms. The lowest BCUT2D eigenvalue weighted by Crippen LogP contribution is -2.36. The van der Waals surface area contributed by atoms with Crippen LogP contribution < -0.4 is 14.8 Å². The van der Waals surface area contributed by atoms with Gasteiger partial charge in [0, 0.05) is 13.1 Å². The largest absolute Gasteiger partial charge is 0.493 e. The van der Waals surface area contributed by atoms with E-state index in [0.717, 1.165) is 67.4 Å². The Bertz CT molecular complexity index is 1550. The Kier molecular flexibility index (Phi) is 8.08. The van der Waals surface area contributed by atoms with Gasteiger partial charge in [0.1, 0.15) is 5.75 Å². The van der Waals surface area contributed by atoms with Crippen molar-refractivity contribution in [2.45, 2.75) is 12.8 Å². The second-order valence-corrected chi connectivity index (χ2v) is 12.0. The number of hydrogen-bond acceptors (Lipinski definition) is 8. The van der Waals surface area contributed by atoms with E-state index in [9.17, 15) is 13.2 Å². The van der Waals surface area contributed by atoms with Crippen LogP contribution in [0, 0.1) is 0 Å². The first kappa shape index (κ1) is 26.4. The third kappa shape index (κ3) is 6.79. The first-order valence-corrected chi connectivity index (χ1v) is 15.2. The van der Waals surface area contributed by atoms with Crippen molar-refractivity contribution >= 4 is 59.1 Å². The van der Waals surface area contributed by atoms with Crippen LogP contribution in [0.5, 0.6) is 5.75 Å². The average Bonchev–Trinajstić information content (AvgIpc) is 3.29. The number of hydrogen-bond donors (Lipinski definition) is 2. The molecule has 1 aromatic heterocycles. The van der Waals surface area contributed by atoms with Crippen LogP contribution in [0.1, 0.15) is 23.2 Å². The highest BCUT2D eigenvalue weighted by Crippen LogP contribution is 2.31. The van der Waals surface area contributed by atoms with Crippen molar-refractivity contribution < 1.29 is 22.7 Å². The molecule has 1 fully saturated rings. The van der Waals surface area contributed by atoms with Gasteiger partial charge in [0.25, 0.3) is 5.91 Å². The molecule has 3 aromatic carbocycles. The second kappa shape index (κ2) is 11.6. The van der Waals surface area contributed by atoms with E-state index < -0.39 is 10.0 Å². The zero-order chi connectivity index (χ0) is 26.5. The summed E-state index contributed by atoms with van der Waals surface area (Å²) in [7, 11) is -3.39. The molecule has 2 heterocycles. The van der Waals surface area contributed by atoms with Crippen LogP contribution >= 0.6 is 11.3 Å². The molecule has 0 spiro atoms. The normalized spacial score (nSPS) is 14.6. The van der Waals surface area contributed by atoms with Crippen LogP contribution in [0.3, 0.4) is 0 Å². The first-order valence-electron chi connectivity index (χ1n) is 12.5. The number of thiazole rings is 1. The van der Waals surface area contributed by atoms with Crippen molar-refractivity contribution in [3.05, 3.63) is 60.2 Å². The third-order valence-electron chi connectivity index (χ3n) is 6.23. The first-order chi connectivity index (χ1) is 18.3. The Balaban J connectivity index is 1.29. The summed E-state index contributed by atoms with van der Waals surface area (Å²) in [5.74, 6) is 0.223. The smallest absolute Gasteiger partial charge is 0.261 e. The molecule has 11 heteroatoms. The number of unbranched alkanes of at least 4 members (excludes halogenated alkanes) is 1. The zero-order valence-corrected chi connectivity index (χ0v) is 22.7. The number of ether oxygens (including phenoxy) is 2. The van der Waals surface area contributed by atoms with E-state index in [1.807, 2.05) is 36.4 Å². The molecule has 0 radical (unpaired) electrons. The molecule has 9 nitrogen and oxygen atoms in total. The number of benzene rings is 3. The maximum Gasteiger partial charge on any atom is 0.261 e. The van der Waals surface area contributed by atoms with Crippen LogP contribution in [0.4, 0.5) is 10.8 Å². The standard InChI is InChI=1S/C27H30N4O5S2/c1-38(33,34)30-21-8-9-23-25(18-21)37-27(28-23)29-26(32)22-16-19-6-2-3-7-20(19)17-24(22)36-13-5-4-10-31-11-14-35-15-12-31/h2-3,6-9,16-18,30H,4-5,10-15H2,1H3,(H,28,29,32). The number of anilines is 2. The van der Waals surface area contributed by atoms with E-state index >= 15 is 0 Å². The molecular weight excluding hydrogens is 524 g/mol. The Hall–Kier alpha value is -3.25. The van der Waals surface area contributed by atoms with Crippen LogP contribution in [0.15, 0.2) is 54.6 Å². The van der Waals surface area contributed by atoms with Gasteiger partial charge >= 0.3 is 0 Å². The van der Waals surface area contributed by atoms with Gasteiger partial charge in [0.15, 0.2) is 5.13 Å². The molecule has 1 aliphatic rings. The van der Waals surface area contributed by atoms with Gasteiger partial charge < -0.3 is 9.47 Å². The molecule has 4 aromatic rings. The summed E-state index contributed by atoms with van der Waals surface area (Å²) in [6.45, 7) is 5.05. The highest BCUT2D eigenvalue weighted by Gasteiger charge is 2.17. The maximum absolute atomic E-state index is 13.4. The number of morpholine rings is 1. The number of rotatable bonds is 10. The number of carbonyl (C=O) groups is 1. The SMILES string of the molecule is CS(=O)(=O)Nc1ccc2nc(NC(=O)c3cc4ccccc4cc3OCCCCN3CCOCC3)sc2c1. The molecule has 1 saturated heterocycles. The van der Waals surface area contributed by atoms with E-state index in [4.69, 9.17) is 9.47 Å². The molecule has 1 aliphatic heterocycles. The van der Waals surface area contributed by atoms with Crippen molar-refractivity contribution in [3.8, 4) is 5.75 Å². The molecule has 0 aliphatic carbocycles. The Morgan fingerprint density at radius 2 is 1.84 bits per heavy atom. The molecule has 0 atom stereocenters. The minimum Gasteiger partial charge on any atom is -0.493 e. The van der Waals surface area contributed by atoms with E-state index in [1.54, 1.807) is 18.2 Å². The van der Waals surface area contributed by atoms with Gasteiger partial charge in [-0.1, -0.05) is 35.6 Å². The number of aromatic nitrogens is 1. The van der Waals surface area contributed by atoms with Gasteiger partial charge in [-0.25, -0.2) is 13.4 Å². The number of nitrogens with one attached hydrogen (secondary N) is 2. The third-order valence-corrected chi connectivity index (χ3v) is 7.77. The number of sulfonamides is 1.